The Morgan fingerprint density at radius 1 is 1.31 bits per heavy atom. The first-order valence-electron chi connectivity index (χ1n) is 4.96. The van der Waals surface area contributed by atoms with Crippen molar-refractivity contribution in [2.45, 2.75) is 50.0 Å². The van der Waals surface area contributed by atoms with E-state index in [0.29, 0.717) is 6.42 Å². The standard InChI is InChI=1S/C9H14F5NO/c1-7(8(10,11)9(12,13)14)4-2-6(16-7)3-5-15/h6H,2-5,15H2,1H3. The Balaban J connectivity index is 2.80. The maximum absolute atomic E-state index is 13.2. The first kappa shape index (κ1) is 13.6. The molecule has 2 nitrogen and oxygen atoms in total. The molecule has 0 saturated carbocycles. The molecule has 1 heterocycles. The predicted octanol–water partition coefficient (Wildman–Crippen LogP) is 2.47. The van der Waals surface area contributed by atoms with Gasteiger partial charge in [0.1, 0.15) is 5.60 Å². The zero-order valence-electron chi connectivity index (χ0n) is 8.78. The molecule has 0 aromatic carbocycles. The van der Waals surface area contributed by atoms with Crippen LogP contribution in [0.5, 0.6) is 0 Å². The highest BCUT2D eigenvalue weighted by Crippen LogP contribution is 2.50. The molecule has 1 aliphatic heterocycles. The average molecular weight is 247 g/mol. The van der Waals surface area contributed by atoms with Gasteiger partial charge in [-0.05, 0) is 32.7 Å². The molecular weight excluding hydrogens is 233 g/mol. The Labute approximate surface area is 89.9 Å². The van der Waals surface area contributed by atoms with Gasteiger partial charge >= 0.3 is 12.1 Å². The second-order valence-corrected chi connectivity index (χ2v) is 4.16. The van der Waals surface area contributed by atoms with Gasteiger partial charge in [0, 0.05) is 0 Å². The summed E-state index contributed by atoms with van der Waals surface area (Å²) >= 11 is 0. The van der Waals surface area contributed by atoms with Gasteiger partial charge in [-0.3, -0.25) is 0 Å². The third kappa shape index (κ3) is 2.15. The van der Waals surface area contributed by atoms with Gasteiger partial charge < -0.3 is 10.5 Å². The molecule has 0 spiro atoms. The summed E-state index contributed by atoms with van der Waals surface area (Å²) in [6, 6.07) is 0. The largest absolute Gasteiger partial charge is 0.456 e. The van der Waals surface area contributed by atoms with Gasteiger partial charge in [-0.15, -0.1) is 0 Å². The van der Waals surface area contributed by atoms with E-state index in [4.69, 9.17) is 10.5 Å². The van der Waals surface area contributed by atoms with Gasteiger partial charge in [-0.25, -0.2) is 0 Å². The van der Waals surface area contributed by atoms with Crippen molar-refractivity contribution in [3.63, 3.8) is 0 Å². The Morgan fingerprint density at radius 2 is 1.88 bits per heavy atom. The van der Waals surface area contributed by atoms with E-state index in [-0.39, 0.29) is 19.4 Å². The highest BCUT2D eigenvalue weighted by molar-refractivity contribution is 5.00. The maximum Gasteiger partial charge on any atom is 0.456 e. The first-order valence-corrected chi connectivity index (χ1v) is 4.96. The van der Waals surface area contributed by atoms with E-state index >= 15 is 0 Å². The fraction of sp³-hybridized carbons (Fsp3) is 1.00. The average Bonchev–Trinajstić information content (AvgIpc) is 2.48. The predicted molar refractivity (Wildman–Crippen MR) is 47.2 cm³/mol. The SMILES string of the molecule is CC1(C(F)(F)C(F)(F)F)CCC(CCN)O1. The van der Waals surface area contributed by atoms with E-state index in [1.54, 1.807) is 0 Å². The lowest BCUT2D eigenvalue weighted by atomic mass is 9.93. The fourth-order valence-electron chi connectivity index (χ4n) is 1.84. The summed E-state index contributed by atoms with van der Waals surface area (Å²) in [5.41, 5.74) is 2.73. The van der Waals surface area contributed by atoms with Crippen molar-refractivity contribution >= 4 is 0 Å². The second-order valence-electron chi connectivity index (χ2n) is 4.16. The molecule has 2 atom stereocenters. The quantitative estimate of drug-likeness (QED) is 0.777. The van der Waals surface area contributed by atoms with Gasteiger partial charge in [-0.1, -0.05) is 0 Å². The lowest BCUT2D eigenvalue weighted by Crippen LogP contribution is -2.55. The van der Waals surface area contributed by atoms with Crippen LogP contribution in [0.25, 0.3) is 0 Å². The Kier molecular flexibility index (Phi) is 3.50. The third-order valence-corrected chi connectivity index (χ3v) is 2.88. The number of ether oxygens (including phenoxy) is 1. The number of nitrogens with two attached hydrogens (primary N) is 1. The van der Waals surface area contributed by atoms with Crippen molar-refractivity contribution in [2.75, 3.05) is 6.54 Å². The topological polar surface area (TPSA) is 35.2 Å². The van der Waals surface area contributed by atoms with Crippen LogP contribution in [0, 0.1) is 0 Å². The highest BCUT2D eigenvalue weighted by atomic mass is 19.4. The summed E-state index contributed by atoms with van der Waals surface area (Å²) < 4.78 is 67.7. The smallest absolute Gasteiger partial charge is 0.365 e. The summed E-state index contributed by atoms with van der Waals surface area (Å²) in [5.74, 6) is -4.83. The molecule has 0 aliphatic carbocycles. The van der Waals surface area contributed by atoms with Crippen LogP contribution >= 0.6 is 0 Å². The maximum atomic E-state index is 13.2. The first-order chi connectivity index (χ1) is 7.14. The third-order valence-electron chi connectivity index (χ3n) is 2.88. The van der Waals surface area contributed by atoms with Crippen molar-refractivity contribution in [3.05, 3.63) is 0 Å². The lowest BCUT2D eigenvalue weighted by Gasteiger charge is -2.34. The molecule has 1 saturated heterocycles. The lowest BCUT2D eigenvalue weighted by molar-refractivity contribution is -0.342. The Hall–Kier alpha value is -0.430. The molecule has 0 bridgehead atoms. The number of hydrogen-bond donors (Lipinski definition) is 1. The monoisotopic (exact) mass is 247 g/mol. The second kappa shape index (κ2) is 4.10. The van der Waals surface area contributed by atoms with Crippen LogP contribution in [0.2, 0.25) is 0 Å². The molecule has 1 fully saturated rings. The van der Waals surface area contributed by atoms with Gasteiger partial charge in [0.05, 0.1) is 6.10 Å². The summed E-state index contributed by atoms with van der Waals surface area (Å²) in [5, 5.41) is 0. The summed E-state index contributed by atoms with van der Waals surface area (Å²) in [7, 11) is 0. The normalized spacial score (nSPS) is 32.1. The van der Waals surface area contributed by atoms with Crippen LogP contribution in [-0.2, 0) is 4.74 Å². The van der Waals surface area contributed by atoms with Crippen LogP contribution in [0.4, 0.5) is 22.0 Å². The van der Waals surface area contributed by atoms with E-state index in [1.165, 1.54) is 0 Å². The van der Waals surface area contributed by atoms with Crippen molar-refractivity contribution in [1.29, 1.82) is 0 Å². The Morgan fingerprint density at radius 3 is 2.31 bits per heavy atom. The van der Waals surface area contributed by atoms with E-state index in [2.05, 4.69) is 0 Å². The van der Waals surface area contributed by atoms with E-state index in [0.717, 1.165) is 6.92 Å². The van der Waals surface area contributed by atoms with Crippen LogP contribution < -0.4 is 5.73 Å². The van der Waals surface area contributed by atoms with E-state index < -0.39 is 23.8 Å². The molecule has 1 rings (SSSR count). The zero-order chi connectivity index (χ0) is 12.6. The Bertz CT molecular complexity index is 255. The molecule has 0 amide bonds. The molecule has 0 radical (unpaired) electrons. The molecule has 96 valence electrons. The zero-order valence-corrected chi connectivity index (χ0v) is 8.78. The molecule has 1 aliphatic rings. The highest BCUT2D eigenvalue weighted by Gasteiger charge is 2.70. The summed E-state index contributed by atoms with van der Waals surface area (Å²) in [6.45, 7) is 1.01. The van der Waals surface area contributed by atoms with Gasteiger partial charge in [0.25, 0.3) is 0 Å². The minimum Gasteiger partial charge on any atom is -0.365 e. The van der Waals surface area contributed by atoms with Crippen molar-refractivity contribution < 1.29 is 26.7 Å². The number of alkyl halides is 5. The number of halogens is 5. The van der Waals surface area contributed by atoms with E-state index in [9.17, 15) is 22.0 Å². The van der Waals surface area contributed by atoms with Crippen molar-refractivity contribution in [1.82, 2.24) is 0 Å². The summed E-state index contributed by atoms with van der Waals surface area (Å²) in [6.07, 6.45) is -6.03. The molecule has 0 aromatic rings. The fourth-order valence-corrected chi connectivity index (χ4v) is 1.84. The molecule has 7 heteroatoms. The minimum atomic E-state index is -5.58. The molecule has 16 heavy (non-hydrogen) atoms. The van der Waals surface area contributed by atoms with Crippen molar-refractivity contribution in [3.8, 4) is 0 Å². The number of rotatable bonds is 3. The number of hydrogen-bond acceptors (Lipinski definition) is 2. The molecule has 2 N–H and O–H groups in total. The molecular formula is C9H14F5NO. The van der Waals surface area contributed by atoms with Crippen LogP contribution in [0.15, 0.2) is 0 Å². The molecule has 0 aromatic heterocycles. The van der Waals surface area contributed by atoms with E-state index in [1.807, 2.05) is 0 Å². The van der Waals surface area contributed by atoms with Crippen LogP contribution in [0.1, 0.15) is 26.2 Å². The van der Waals surface area contributed by atoms with Gasteiger partial charge in [0.15, 0.2) is 0 Å². The summed E-state index contributed by atoms with van der Waals surface area (Å²) in [4.78, 5) is 0. The minimum absolute atomic E-state index is 0.180. The molecule has 2 unspecified atom stereocenters. The van der Waals surface area contributed by atoms with Crippen LogP contribution in [-0.4, -0.2) is 30.3 Å². The van der Waals surface area contributed by atoms with Gasteiger partial charge in [-0.2, -0.15) is 22.0 Å². The van der Waals surface area contributed by atoms with Crippen LogP contribution in [0.3, 0.4) is 0 Å². The van der Waals surface area contributed by atoms with Crippen molar-refractivity contribution in [2.24, 2.45) is 5.73 Å². The van der Waals surface area contributed by atoms with Gasteiger partial charge in [0.2, 0.25) is 0 Å².